The quantitative estimate of drug-likeness (QED) is 0.382. The average molecular weight is 343 g/mol. The Hall–Kier alpha value is -3.55. The van der Waals surface area contributed by atoms with Crippen LogP contribution in [0.4, 0.5) is 10.1 Å². The lowest BCUT2D eigenvalue weighted by Crippen LogP contribution is -2.32. The summed E-state index contributed by atoms with van der Waals surface area (Å²) in [4.78, 5) is 34.6. The van der Waals surface area contributed by atoms with Crippen molar-refractivity contribution >= 4 is 29.7 Å². The molecule has 0 aliphatic heterocycles. The molecule has 2 aromatic carbocycles. The molecule has 25 heavy (non-hydrogen) atoms. The van der Waals surface area contributed by atoms with Crippen LogP contribution in [0.2, 0.25) is 0 Å². The smallest absolute Gasteiger partial charge is 0.337 e. The molecule has 0 bridgehead atoms. The molecule has 7 nitrogen and oxygen atoms in total. The second-order valence-corrected chi connectivity index (χ2v) is 4.77. The number of hydrogen-bond donors (Lipinski definition) is 2. The minimum atomic E-state index is -0.980. The summed E-state index contributed by atoms with van der Waals surface area (Å²) < 4.78 is 17.3. The van der Waals surface area contributed by atoms with E-state index in [1.54, 1.807) is 12.1 Å². The average Bonchev–Trinajstić information content (AvgIpc) is 2.63. The van der Waals surface area contributed by atoms with Gasteiger partial charge in [0.15, 0.2) is 0 Å². The second kappa shape index (κ2) is 8.34. The molecule has 0 radical (unpaired) electrons. The Labute approximate surface area is 142 Å². The van der Waals surface area contributed by atoms with E-state index in [1.807, 2.05) is 0 Å². The standard InChI is InChI=1S/C17H14FN3O4/c1-25-17(24)12-4-2-11(3-5-12)10-19-21-16(23)15(22)20-14-8-6-13(18)7-9-14/h2-10H,1H3,(H,20,22)(H,21,23)/b19-10+. The molecule has 2 amide bonds. The molecule has 0 aromatic heterocycles. The van der Waals surface area contributed by atoms with Gasteiger partial charge in [-0.3, -0.25) is 9.59 Å². The Bertz CT molecular complexity index is 802. The number of carbonyl (C=O) groups excluding carboxylic acids is 3. The minimum Gasteiger partial charge on any atom is -0.465 e. The molecule has 0 aliphatic carbocycles. The number of anilines is 1. The summed E-state index contributed by atoms with van der Waals surface area (Å²) >= 11 is 0. The Balaban J connectivity index is 1.88. The fourth-order valence-electron chi connectivity index (χ4n) is 1.76. The number of hydrogen-bond acceptors (Lipinski definition) is 5. The van der Waals surface area contributed by atoms with Gasteiger partial charge in [-0.05, 0) is 42.0 Å². The molecular weight excluding hydrogens is 329 g/mol. The Morgan fingerprint density at radius 2 is 1.64 bits per heavy atom. The van der Waals surface area contributed by atoms with Crippen LogP contribution in [0.25, 0.3) is 0 Å². The fourth-order valence-corrected chi connectivity index (χ4v) is 1.76. The Kier molecular flexibility index (Phi) is 5.94. The minimum absolute atomic E-state index is 0.281. The van der Waals surface area contributed by atoms with Crippen LogP contribution in [0, 0.1) is 5.82 Å². The highest BCUT2D eigenvalue weighted by atomic mass is 19.1. The van der Waals surface area contributed by atoms with Crippen molar-refractivity contribution in [3.8, 4) is 0 Å². The van der Waals surface area contributed by atoms with Gasteiger partial charge >= 0.3 is 17.8 Å². The molecule has 2 rings (SSSR count). The molecule has 0 saturated heterocycles. The normalized spacial score (nSPS) is 10.3. The number of ether oxygens (including phenoxy) is 1. The van der Waals surface area contributed by atoms with E-state index in [0.717, 1.165) is 12.1 Å². The van der Waals surface area contributed by atoms with Crippen LogP contribution in [-0.2, 0) is 14.3 Å². The number of methoxy groups -OCH3 is 1. The molecule has 0 saturated carbocycles. The van der Waals surface area contributed by atoms with Crippen LogP contribution in [-0.4, -0.2) is 31.1 Å². The second-order valence-electron chi connectivity index (χ2n) is 4.77. The third-order valence-corrected chi connectivity index (χ3v) is 3.02. The van der Waals surface area contributed by atoms with Crippen molar-refractivity contribution in [2.24, 2.45) is 5.10 Å². The van der Waals surface area contributed by atoms with Crippen LogP contribution in [0.15, 0.2) is 53.6 Å². The Morgan fingerprint density at radius 3 is 2.24 bits per heavy atom. The first-order valence-electron chi connectivity index (χ1n) is 7.08. The van der Waals surface area contributed by atoms with Crippen molar-refractivity contribution in [3.63, 3.8) is 0 Å². The van der Waals surface area contributed by atoms with E-state index in [2.05, 4.69) is 20.6 Å². The first kappa shape index (κ1) is 17.8. The van der Waals surface area contributed by atoms with Gasteiger partial charge in [-0.2, -0.15) is 5.10 Å². The summed E-state index contributed by atoms with van der Waals surface area (Å²) in [5.41, 5.74) is 3.33. The van der Waals surface area contributed by atoms with Gasteiger partial charge in [0.2, 0.25) is 0 Å². The number of hydrazone groups is 1. The number of benzene rings is 2. The van der Waals surface area contributed by atoms with Crippen LogP contribution < -0.4 is 10.7 Å². The van der Waals surface area contributed by atoms with Crippen LogP contribution >= 0.6 is 0 Å². The number of rotatable bonds is 4. The molecule has 2 aromatic rings. The highest BCUT2D eigenvalue weighted by Crippen LogP contribution is 2.08. The number of carbonyl (C=O) groups is 3. The van der Waals surface area contributed by atoms with E-state index >= 15 is 0 Å². The van der Waals surface area contributed by atoms with Crippen molar-refractivity contribution in [2.75, 3.05) is 12.4 Å². The lowest BCUT2D eigenvalue weighted by atomic mass is 10.1. The number of nitrogens with one attached hydrogen (secondary N) is 2. The van der Waals surface area contributed by atoms with Crippen LogP contribution in [0.3, 0.4) is 0 Å². The first-order chi connectivity index (χ1) is 12.0. The summed E-state index contributed by atoms with van der Waals surface area (Å²) in [6.45, 7) is 0. The summed E-state index contributed by atoms with van der Waals surface area (Å²) in [6, 6.07) is 11.2. The van der Waals surface area contributed by atoms with Gasteiger partial charge < -0.3 is 10.1 Å². The van der Waals surface area contributed by atoms with Gasteiger partial charge in [-0.1, -0.05) is 12.1 Å². The van der Waals surface area contributed by atoms with E-state index < -0.39 is 23.6 Å². The van der Waals surface area contributed by atoms with Crippen molar-refractivity contribution in [1.29, 1.82) is 0 Å². The first-order valence-corrected chi connectivity index (χ1v) is 7.08. The number of amides is 2. The zero-order valence-electron chi connectivity index (χ0n) is 13.2. The van der Waals surface area contributed by atoms with Gasteiger partial charge in [0.05, 0.1) is 18.9 Å². The maximum absolute atomic E-state index is 12.8. The summed E-state index contributed by atoms with van der Waals surface area (Å²) in [6.07, 6.45) is 1.31. The van der Waals surface area contributed by atoms with Crippen LogP contribution in [0.1, 0.15) is 15.9 Å². The topological polar surface area (TPSA) is 96.9 Å². The molecule has 128 valence electrons. The molecule has 0 heterocycles. The van der Waals surface area contributed by atoms with E-state index in [1.165, 1.54) is 37.6 Å². The summed E-state index contributed by atoms with van der Waals surface area (Å²) in [5, 5.41) is 5.95. The zero-order chi connectivity index (χ0) is 18.2. The molecule has 0 aliphatic rings. The predicted molar refractivity (Wildman–Crippen MR) is 88.5 cm³/mol. The Morgan fingerprint density at radius 1 is 1.00 bits per heavy atom. The van der Waals surface area contributed by atoms with E-state index in [-0.39, 0.29) is 5.69 Å². The largest absolute Gasteiger partial charge is 0.465 e. The number of esters is 1. The van der Waals surface area contributed by atoms with Gasteiger partial charge in [0.25, 0.3) is 0 Å². The molecular formula is C17H14FN3O4. The maximum Gasteiger partial charge on any atom is 0.337 e. The zero-order valence-corrected chi connectivity index (χ0v) is 13.2. The molecule has 0 unspecified atom stereocenters. The van der Waals surface area contributed by atoms with Crippen molar-refractivity contribution in [1.82, 2.24) is 5.43 Å². The fraction of sp³-hybridized carbons (Fsp3) is 0.0588. The highest BCUT2D eigenvalue weighted by molar-refractivity contribution is 6.39. The lowest BCUT2D eigenvalue weighted by molar-refractivity contribution is -0.136. The van der Waals surface area contributed by atoms with E-state index in [0.29, 0.717) is 11.1 Å². The maximum atomic E-state index is 12.8. The third kappa shape index (κ3) is 5.24. The molecule has 0 spiro atoms. The molecule has 8 heteroatoms. The summed E-state index contributed by atoms with van der Waals surface area (Å²) in [5.74, 6) is -2.84. The molecule has 0 atom stereocenters. The van der Waals surface area contributed by atoms with E-state index in [9.17, 15) is 18.8 Å². The molecule has 2 N–H and O–H groups in total. The van der Waals surface area contributed by atoms with Crippen molar-refractivity contribution < 1.29 is 23.5 Å². The highest BCUT2D eigenvalue weighted by Gasteiger charge is 2.12. The van der Waals surface area contributed by atoms with E-state index in [4.69, 9.17) is 0 Å². The number of halogens is 1. The van der Waals surface area contributed by atoms with Gasteiger partial charge in [0, 0.05) is 5.69 Å². The summed E-state index contributed by atoms with van der Waals surface area (Å²) in [7, 11) is 1.28. The van der Waals surface area contributed by atoms with Crippen molar-refractivity contribution in [3.05, 3.63) is 65.5 Å². The third-order valence-electron chi connectivity index (χ3n) is 3.02. The number of nitrogens with zero attached hydrogens (tertiary/aromatic N) is 1. The van der Waals surface area contributed by atoms with Crippen LogP contribution in [0.5, 0.6) is 0 Å². The van der Waals surface area contributed by atoms with Gasteiger partial charge in [-0.15, -0.1) is 0 Å². The van der Waals surface area contributed by atoms with Crippen molar-refractivity contribution in [2.45, 2.75) is 0 Å². The lowest BCUT2D eigenvalue weighted by Gasteiger charge is -2.03. The molecule has 0 fully saturated rings. The predicted octanol–water partition coefficient (Wildman–Crippen LogP) is 1.70. The van der Waals surface area contributed by atoms with Gasteiger partial charge in [0.1, 0.15) is 5.82 Å². The monoisotopic (exact) mass is 343 g/mol. The SMILES string of the molecule is COC(=O)c1ccc(/C=N/NC(=O)C(=O)Nc2ccc(F)cc2)cc1. The van der Waals surface area contributed by atoms with Gasteiger partial charge in [-0.25, -0.2) is 14.6 Å².